The molecule has 1 aliphatic carbocycles. The van der Waals surface area contributed by atoms with Gasteiger partial charge in [-0.1, -0.05) is 32.4 Å². The molecule has 0 fully saturated rings. The van der Waals surface area contributed by atoms with Crippen molar-refractivity contribution in [1.82, 2.24) is 10.2 Å². The second-order valence-corrected chi connectivity index (χ2v) is 6.24. The first-order valence-corrected chi connectivity index (χ1v) is 8.25. The van der Waals surface area contributed by atoms with Crippen molar-refractivity contribution in [2.45, 2.75) is 78.3 Å². The summed E-state index contributed by atoms with van der Waals surface area (Å²) in [5.74, 6) is 0. The molecule has 0 saturated carbocycles. The van der Waals surface area contributed by atoms with Crippen molar-refractivity contribution in [3.05, 3.63) is 11.6 Å². The lowest BCUT2D eigenvalue weighted by atomic mass is 9.82. The number of allylic oxidation sites excluding steroid dienone is 1. The van der Waals surface area contributed by atoms with Gasteiger partial charge in [-0.3, -0.25) is 4.90 Å². The van der Waals surface area contributed by atoms with Crippen molar-refractivity contribution < 1.29 is 0 Å². The van der Waals surface area contributed by atoms with Gasteiger partial charge in [-0.2, -0.15) is 0 Å². The van der Waals surface area contributed by atoms with Crippen LogP contribution in [0.5, 0.6) is 0 Å². The van der Waals surface area contributed by atoms with E-state index in [2.05, 4.69) is 50.9 Å². The Balaban J connectivity index is 2.90. The molecule has 1 aliphatic rings. The monoisotopic (exact) mass is 266 g/mol. The van der Waals surface area contributed by atoms with Crippen LogP contribution in [0, 0.1) is 0 Å². The van der Waals surface area contributed by atoms with Crippen molar-refractivity contribution in [1.29, 1.82) is 0 Å². The lowest BCUT2D eigenvalue weighted by Gasteiger charge is -2.45. The lowest BCUT2D eigenvalue weighted by Crippen LogP contribution is -2.58. The first-order valence-electron chi connectivity index (χ1n) is 8.25. The van der Waals surface area contributed by atoms with E-state index in [0.29, 0.717) is 6.04 Å². The van der Waals surface area contributed by atoms with E-state index in [0.717, 1.165) is 19.6 Å². The van der Waals surface area contributed by atoms with Crippen LogP contribution in [0.1, 0.15) is 66.7 Å². The zero-order valence-corrected chi connectivity index (χ0v) is 13.8. The highest BCUT2D eigenvalue weighted by atomic mass is 15.2. The Kier molecular flexibility index (Phi) is 7.09. The van der Waals surface area contributed by atoms with Crippen molar-refractivity contribution in [2.24, 2.45) is 0 Å². The summed E-state index contributed by atoms with van der Waals surface area (Å²) < 4.78 is 0. The van der Waals surface area contributed by atoms with Crippen molar-refractivity contribution in [3.63, 3.8) is 0 Å². The van der Waals surface area contributed by atoms with Gasteiger partial charge in [0.1, 0.15) is 0 Å². The standard InChI is InChI=1S/C17H34N2/c1-6-14-18-16(15-12-10-9-11-13-15)17(4,5)19(7-2)8-3/h12,16,18H,6-11,13-14H2,1-5H3. The van der Waals surface area contributed by atoms with E-state index in [1.54, 1.807) is 5.57 Å². The fourth-order valence-electron chi connectivity index (χ4n) is 3.47. The topological polar surface area (TPSA) is 15.3 Å². The summed E-state index contributed by atoms with van der Waals surface area (Å²) in [5.41, 5.74) is 1.85. The van der Waals surface area contributed by atoms with Gasteiger partial charge in [0.15, 0.2) is 0 Å². The van der Waals surface area contributed by atoms with Gasteiger partial charge in [0, 0.05) is 11.6 Å². The molecule has 0 amide bonds. The zero-order valence-electron chi connectivity index (χ0n) is 13.8. The first kappa shape index (κ1) is 16.7. The maximum atomic E-state index is 3.82. The van der Waals surface area contributed by atoms with Crippen LogP contribution in [0.15, 0.2) is 11.6 Å². The predicted molar refractivity (Wildman–Crippen MR) is 85.6 cm³/mol. The smallest absolute Gasteiger partial charge is 0.0461 e. The van der Waals surface area contributed by atoms with Crippen molar-refractivity contribution in [3.8, 4) is 0 Å². The van der Waals surface area contributed by atoms with Crippen LogP contribution in [-0.4, -0.2) is 36.1 Å². The lowest BCUT2D eigenvalue weighted by molar-refractivity contribution is 0.102. The molecule has 0 saturated heterocycles. The average molecular weight is 266 g/mol. The Morgan fingerprint density at radius 3 is 2.37 bits per heavy atom. The van der Waals surface area contributed by atoms with Crippen molar-refractivity contribution >= 4 is 0 Å². The Labute approximate surface area is 120 Å². The third-order valence-electron chi connectivity index (χ3n) is 4.58. The van der Waals surface area contributed by atoms with E-state index < -0.39 is 0 Å². The van der Waals surface area contributed by atoms with Crippen LogP contribution in [-0.2, 0) is 0 Å². The Bertz CT molecular complexity index is 277. The predicted octanol–water partition coefficient (Wildman–Crippen LogP) is 3.98. The Morgan fingerprint density at radius 2 is 1.89 bits per heavy atom. The van der Waals surface area contributed by atoms with Gasteiger partial charge in [-0.05, 0) is 65.6 Å². The van der Waals surface area contributed by atoms with E-state index in [4.69, 9.17) is 0 Å². The number of likely N-dealkylation sites (N-methyl/N-ethyl adjacent to an activating group) is 1. The van der Waals surface area contributed by atoms with Crippen LogP contribution >= 0.6 is 0 Å². The summed E-state index contributed by atoms with van der Waals surface area (Å²) in [6.07, 6.45) is 9.00. The second-order valence-electron chi connectivity index (χ2n) is 6.24. The molecule has 1 N–H and O–H groups in total. The highest BCUT2D eigenvalue weighted by Gasteiger charge is 2.35. The maximum absolute atomic E-state index is 3.82. The first-order chi connectivity index (χ1) is 9.07. The number of hydrogen-bond acceptors (Lipinski definition) is 2. The molecule has 0 aromatic rings. The number of rotatable bonds is 8. The number of nitrogens with zero attached hydrogens (tertiary/aromatic N) is 1. The van der Waals surface area contributed by atoms with Gasteiger partial charge in [0.2, 0.25) is 0 Å². The zero-order chi connectivity index (χ0) is 14.3. The summed E-state index contributed by atoms with van der Waals surface area (Å²) >= 11 is 0. The van der Waals surface area contributed by atoms with E-state index in [1.807, 2.05) is 0 Å². The molecule has 2 heteroatoms. The van der Waals surface area contributed by atoms with Gasteiger partial charge >= 0.3 is 0 Å². The van der Waals surface area contributed by atoms with E-state index in [-0.39, 0.29) is 5.54 Å². The SMILES string of the molecule is CCCNC(C1=CCCCC1)C(C)(C)N(CC)CC. The summed E-state index contributed by atoms with van der Waals surface area (Å²) in [6, 6.07) is 0.507. The molecule has 112 valence electrons. The normalized spacial score (nSPS) is 18.5. The molecule has 0 aromatic heterocycles. The largest absolute Gasteiger partial charge is 0.309 e. The third kappa shape index (κ3) is 4.32. The highest BCUT2D eigenvalue weighted by molar-refractivity contribution is 5.19. The molecule has 0 aliphatic heterocycles. The van der Waals surface area contributed by atoms with Crippen LogP contribution in [0.2, 0.25) is 0 Å². The fraction of sp³-hybridized carbons (Fsp3) is 0.882. The van der Waals surface area contributed by atoms with Crippen LogP contribution in [0.3, 0.4) is 0 Å². The average Bonchev–Trinajstić information content (AvgIpc) is 2.41. The van der Waals surface area contributed by atoms with Crippen molar-refractivity contribution in [2.75, 3.05) is 19.6 Å². The summed E-state index contributed by atoms with van der Waals surface area (Å²) in [6.45, 7) is 15.0. The van der Waals surface area contributed by atoms with Gasteiger partial charge < -0.3 is 5.32 Å². The molecule has 2 nitrogen and oxygen atoms in total. The minimum atomic E-state index is 0.196. The molecule has 0 spiro atoms. The van der Waals surface area contributed by atoms with Gasteiger partial charge in [0.25, 0.3) is 0 Å². The second kappa shape index (κ2) is 8.06. The minimum absolute atomic E-state index is 0.196. The molecule has 0 bridgehead atoms. The molecular weight excluding hydrogens is 232 g/mol. The van der Waals surface area contributed by atoms with E-state index in [1.165, 1.54) is 32.1 Å². The summed E-state index contributed by atoms with van der Waals surface area (Å²) in [7, 11) is 0. The van der Waals surface area contributed by atoms with Crippen LogP contribution in [0.25, 0.3) is 0 Å². The van der Waals surface area contributed by atoms with Crippen LogP contribution in [0.4, 0.5) is 0 Å². The number of hydrogen-bond donors (Lipinski definition) is 1. The van der Waals surface area contributed by atoms with Gasteiger partial charge in [-0.25, -0.2) is 0 Å². The van der Waals surface area contributed by atoms with Crippen LogP contribution < -0.4 is 5.32 Å². The molecule has 0 radical (unpaired) electrons. The fourth-order valence-corrected chi connectivity index (χ4v) is 3.47. The third-order valence-corrected chi connectivity index (χ3v) is 4.58. The summed E-state index contributed by atoms with van der Waals surface area (Å²) in [4.78, 5) is 2.59. The molecule has 0 aromatic carbocycles. The van der Waals surface area contributed by atoms with Gasteiger partial charge in [-0.15, -0.1) is 0 Å². The Hall–Kier alpha value is -0.340. The molecule has 19 heavy (non-hydrogen) atoms. The Morgan fingerprint density at radius 1 is 1.21 bits per heavy atom. The molecule has 1 atom stereocenters. The quantitative estimate of drug-likeness (QED) is 0.669. The van der Waals surface area contributed by atoms with E-state index >= 15 is 0 Å². The minimum Gasteiger partial charge on any atom is -0.309 e. The molecule has 1 rings (SSSR count). The molecule has 1 unspecified atom stereocenters. The number of nitrogens with one attached hydrogen (secondary N) is 1. The summed E-state index contributed by atoms with van der Waals surface area (Å²) in [5, 5.41) is 3.82. The maximum Gasteiger partial charge on any atom is 0.0461 e. The molecule has 0 heterocycles. The molecular formula is C17H34N2. The highest BCUT2D eigenvalue weighted by Crippen LogP contribution is 2.29. The van der Waals surface area contributed by atoms with E-state index in [9.17, 15) is 0 Å². The van der Waals surface area contributed by atoms with Gasteiger partial charge in [0.05, 0.1) is 0 Å².